The lowest BCUT2D eigenvalue weighted by atomic mass is 9.79. The molecular formula is C20H29BN2O3. The molecule has 1 aromatic rings. The van der Waals surface area contributed by atoms with E-state index in [4.69, 9.17) is 9.31 Å². The smallest absolute Gasteiger partial charge is 0.399 e. The van der Waals surface area contributed by atoms with Crippen LogP contribution in [-0.2, 0) is 14.1 Å². The number of hydrogen-bond acceptors (Lipinski definition) is 4. The predicted molar refractivity (Wildman–Crippen MR) is 104 cm³/mol. The summed E-state index contributed by atoms with van der Waals surface area (Å²) in [5, 5.41) is 0. The zero-order valence-electron chi connectivity index (χ0n) is 16.3. The maximum atomic E-state index is 12.2. The van der Waals surface area contributed by atoms with Crippen molar-refractivity contribution in [3.8, 4) is 0 Å². The summed E-state index contributed by atoms with van der Waals surface area (Å²) in [5.74, 6) is 0.682. The van der Waals surface area contributed by atoms with E-state index >= 15 is 0 Å². The Morgan fingerprint density at radius 3 is 2.00 bits per heavy atom. The van der Waals surface area contributed by atoms with Crippen LogP contribution in [0.5, 0.6) is 0 Å². The van der Waals surface area contributed by atoms with Crippen molar-refractivity contribution in [3.05, 3.63) is 24.3 Å². The van der Waals surface area contributed by atoms with E-state index in [2.05, 4.69) is 56.9 Å². The van der Waals surface area contributed by atoms with Gasteiger partial charge >= 0.3 is 7.12 Å². The van der Waals surface area contributed by atoms with E-state index in [0.717, 1.165) is 44.5 Å². The fraction of sp³-hybridized carbons (Fsp3) is 0.650. The summed E-state index contributed by atoms with van der Waals surface area (Å²) in [6, 6.07) is 8.47. The van der Waals surface area contributed by atoms with Gasteiger partial charge in [0.05, 0.1) is 11.2 Å². The Kier molecular flexibility index (Phi) is 4.31. The molecule has 1 aliphatic carbocycles. The van der Waals surface area contributed by atoms with Gasteiger partial charge in [0.15, 0.2) is 0 Å². The normalized spacial score (nSPS) is 24.8. The summed E-state index contributed by atoms with van der Waals surface area (Å²) < 4.78 is 12.2. The quantitative estimate of drug-likeness (QED) is 0.778. The first-order chi connectivity index (χ1) is 12.3. The first-order valence-corrected chi connectivity index (χ1v) is 9.76. The maximum Gasteiger partial charge on any atom is 0.494 e. The highest BCUT2D eigenvalue weighted by Crippen LogP contribution is 2.36. The van der Waals surface area contributed by atoms with Gasteiger partial charge in [0.1, 0.15) is 0 Å². The highest BCUT2D eigenvalue weighted by molar-refractivity contribution is 6.62. The molecule has 3 aliphatic rings. The molecule has 4 rings (SSSR count). The highest BCUT2D eigenvalue weighted by atomic mass is 16.7. The zero-order valence-corrected chi connectivity index (χ0v) is 16.3. The van der Waals surface area contributed by atoms with Gasteiger partial charge in [-0.2, -0.15) is 0 Å². The highest BCUT2D eigenvalue weighted by Gasteiger charge is 2.51. The Morgan fingerprint density at radius 2 is 1.50 bits per heavy atom. The van der Waals surface area contributed by atoms with E-state index in [1.807, 2.05) is 4.90 Å². The van der Waals surface area contributed by atoms with E-state index in [1.54, 1.807) is 0 Å². The van der Waals surface area contributed by atoms with Gasteiger partial charge in [0.25, 0.3) is 0 Å². The van der Waals surface area contributed by atoms with E-state index in [-0.39, 0.29) is 18.3 Å². The topological polar surface area (TPSA) is 42.0 Å². The van der Waals surface area contributed by atoms with E-state index in [0.29, 0.717) is 11.8 Å². The average Bonchev–Trinajstić information content (AvgIpc) is 3.42. The average molecular weight is 356 g/mol. The molecular weight excluding hydrogens is 327 g/mol. The largest absolute Gasteiger partial charge is 0.494 e. The summed E-state index contributed by atoms with van der Waals surface area (Å²) in [4.78, 5) is 16.6. The van der Waals surface area contributed by atoms with Crippen LogP contribution >= 0.6 is 0 Å². The Balaban J connectivity index is 1.37. The molecule has 2 aliphatic heterocycles. The van der Waals surface area contributed by atoms with Crippen LogP contribution < -0.4 is 10.4 Å². The van der Waals surface area contributed by atoms with Gasteiger partial charge in [-0.25, -0.2) is 0 Å². The molecule has 0 spiro atoms. The molecule has 26 heavy (non-hydrogen) atoms. The minimum absolute atomic E-state index is 0.318. The lowest BCUT2D eigenvalue weighted by Gasteiger charge is -2.36. The first-order valence-electron chi connectivity index (χ1n) is 9.76. The van der Waals surface area contributed by atoms with Crippen LogP contribution in [0.1, 0.15) is 40.5 Å². The van der Waals surface area contributed by atoms with E-state index in [1.165, 1.54) is 5.69 Å². The van der Waals surface area contributed by atoms with Gasteiger partial charge in [0, 0.05) is 37.8 Å². The maximum absolute atomic E-state index is 12.2. The molecule has 2 saturated heterocycles. The molecule has 3 fully saturated rings. The number of amides is 1. The molecule has 0 N–H and O–H groups in total. The molecule has 0 bridgehead atoms. The van der Waals surface area contributed by atoms with E-state index in [9.17, 15) is 4.79 Å². The van der Waals surface area contributed by atoms with Crippen LogP contribution in [0.4, 0.5) is 5.69 Å². The number of piperazine rings is 1. The van der Waals surface area contributed by atoms with Crippen molar-refractivity contribution >= 4 is 24.2 Å². The lowest BCUT2D eigenvalue weighted by molar-refractivity contribution is -0.132. The number of nitrogens with zero attached hydrogens (tertiary/aromatic N) is 2. The third-order valence-electron chi connectivity index (χ3n) is 6.30. The van der Waals surface area contributed by atoms with Crippen LogP contribution in [0.3, 0.4) is 0 Å². The van der Waals surface area contributed by atoms with E-state index < -0.39 is 0 Å². The molecule has 6 heteroatoms. The van der Waals surface area contributed by atoms with Crippen molar-refractivity contribution in [1.29, 1.82) is 0 Å². The second-order valence-electron chi connectivity index (χ2n) is 8.77. The van der Waals surface area contributed by atoms with Crippen molar-refractivity contribution in [2.24, 2.45) is 5.92 Å². The van der Waals surface area contributed by atoms with Gasteiger partial charge in [-0.05, 0) is 58.1 Å². The first kappa shape index (κ1) is 17.9. The van der Waals surface area contributed by atoms with Crippen molar-refractivity contribution in [2.45, 2.75) is 51.7 Å². The fourth-order valence-corrected chi connectivity index (χ4v) is 3.59. The number of benzene rings is 1. The molecule has 0 unspecified atom stereocenters. The molecule has 5 nitrogen and oxygen atoms in total. The van der Waals surface area contributed by atoms with Gasteiger partial charge in [0.2, 0.25) is 5.91 Å². The molecule has 2 heterocycles. The second-order valence-corrected chi connectivity index (χ2v) is 8.77. The molecule has 0 radical (unpaired) electrons. The fourth-order valence-electron chi connectivity index (χ4n) is 3.59. The standard InChI is InChI=1S/C20H29BN2O3/c1-19(2)20(3,4)26-21(25-19)16-7-9-17(10-8-16)22-11-13-23(14-12-22)18(24)15-5-6-15/h7-10,15H,5-6,11-14H2,1-4H3. The minimum Gasteiger partial charge on any atom is -0.399 e. The lowest BCUT2D eigenvalue weighted by Crippen LogP contribution is -2.49. The molecule has 1 aromatic carbocycles. The molecule has 1 amide bonds. The molecule has 140 valence electrons. The number of rotatable bonds is 3. The van der Waals surface area contributed by atoms with Crippen LogP contribution in [0.15, 0.2) is 24.3 Å². The molecule has 0 atom stereocenters. The van der Waals surface area contributed by atoms with Gasteiger partial charge in [-0.3, -0.25) is 4.79 Å². The van der Waals surface area contributed by atoms with Crippen molar-refractivity contribution in [3.63, 3.8) is 0 Å². The number of carbonyl (C=O) groups is 1. The summed E-state index contributed by atoms with van der Waals surface area (Å²) in [6.45, 7) is 11.7. The monoisotopic (exact) mass is 356 g/mol. The third kappa shape index (κ3) is 3.25. The Morgan fingerprint density at radius 1 is 0.962 bits per heavy atom. The Hall–Kier alpha value is -1.53. The summed E-state index contributed by atoms with van der Waals surface area (Å²) in [5.41, 5.74) is 1.61. The summed E-state index contributed by atoms with van der Waals surface area (Å²) in [6.07, 6.45) is 2.17. The predicted octanol–water partition coefficient (Wildman–Crippen LogP) is 2.04. The third-order valence-corrected chi connectivity index (χ3v) is 6.30. The Bertz CT molecular complexity index is 661. The number of anilines is 1. The van der Waals surface area contributed by atoms with Crippen LogP contribution in [0, 0.1) is 5.92 Å². The van der Waals surface area contributed by atoms with Gasteiger partial charge in [-0.1, -0.05) is 12.1 Å². The van der Waals surface area contributed by atoms with Gasteiger partial charge < -0.3 is 19.1 Å². The Labute approximate surface area is 156 Å². The number of carbonyl (C=O) groups excluding carboxylic acids is 1. The van der Waals surface area contributed by atoms with Crippen LogP contribution in [0.2, 0.25) is 0 Å². The second kappa shape index (κ2) is 6.27. The van der Waals surface area contributed by atoms with Crippen LogP contribution in [-0.4, -0.2) is 55.3 Å². The van der Waals surface area contributed by atoms with Crippen molar-refractivity contribution in [2.75, 3.05) is 31.1 Å². The van der Waals surface area contributed by atoms with Crippen LogP contribution in [0.25, 0.3) is 0 Å². The molecule has 0 aromatic heterocycles. The zero-order chi connectivity index (χ0) is 18.5. The summed E-state index contributed by atoms with van der Waals surface area (Å²) in [7, 11) is -0.318. The van der Waals surface area contributed by atoms with Crippen molar-refractivity contribution < 1.29 is 14.1 Å². The molecule has 1 saturated carbocycles. The van der Waals surface area contributed by atoms with Crippen molar-refractivity contribution in [1.82, 2.24) is 4.90 Å². The van der Waals surface area contributed by atoms with Gasteiger partial charge in [-0.15, -0.1) is 0 Å². The summed E-state index contributed by atoms with van der Waals surface area (Å²) >= 11 is 0. The SMILES string of the molecule is CC1(C)OB(c2ccc(N3CCN(C(=O)C4CC4)CC3)cc2)OC1(C)C. The number of hydrogen-bond donors (Lipinski definition) is 0. The minimum atomic E-state index is -0.319.